The van der Waals surface area contributed by atoms with E-state index in [2.05, 4.69) is 16.8 Å². The molecule has 3 heterocycles. The molecule has 0 bridgehead atoms. The summed E-state index contributed by atoms with van der Waals surface area (Å²) in [6.07, 6.45) is -3.87. The Kier molecular flexibility index (Phi) is 6.19. The number of carbonyl (C=O) groups is 1. The lowest BCUT2D eigenvalue weighted by Gasteiger charge is -2.37. The van der Waals surface area contributed by atoms with Crippen LogP contribution in [0.5, 0.6) is 0 Å². The van der Waals surface area contributed by atoms with Crippen molar-refractivity contribution in [3.8, 4) is 11.4 Å². The molecule has 0 unspecified atom stereocenters. The number of hydrogen-bond donors (Lipinski definition) is 0. The molecule has 0 aliphatic carbocycles. The highest BCUT2D eigenvalue weighted by atomic mass is 19.4. The van der Waals surface area contributed by atoms with Crippen molar-refractivity contribution in [1.82, 2.24) is 19.8 Å². The molecule has 0 radical (unpaired) electrons. The third-order valence-corrected chi connectivity index (χ3v) is 6.62. The third kappa shape index (κ3) is 4.86. The van der Waals surface area contributed by atoms with E-state index in [9.17, 15) is 18.0 Å². The zero-order valence-corrected chi connectivity index (χ0v) is 19.4. The molecule has 6 nitrogen and oxygen atoms in total. The van der Waals surface area contributed by atoms with Gasteiger partial charge in [-0.25, -0.2) is 9.97 Å². The first-order valence-electron chi connectivity index (χ1n) is 11.6. The van der Waals surface area contributed by atoms with Crippen LogP contribution in [0.2, 0.25) is 0 Å². The fourth-order valence-corrected chi connectivity index (χ4v) is 4.55. The second-order valence-electron chi connectivity index (χ2n) is 9.00. The molecule has 1 aromatic heterocycles. The first-order chi connectivity index (χ1) is 16.8. The second kappa shape index (κ2) is 9.30. The number of likely N-dealkylation sites (N-methyl/N-ethyl adjacent to an activating group) is 1. The molecule has 1 saturated heterocycles. The van der Waals surface area contributed by atoms with Crippen LogP contribution >= 0.6 is 0 Å². The van der Waals surface area contributed by atoms with Gasteiger partial charge in [-0.2, -0.15) is 13.2 Å². The van der Waals surface area contributed by atoms with Crippen molar-refractivity contribution in [3.63, 3.8) is 0 Å². The molecule has 2 aliphatic heterocycles. The van der Waals surface area contributed by atoms with Crippen molar-refractivity contribution >= 4 is 11.7 Å². The number of amides is 1. The number of piperazine rings is 1. The minimum atomic E-state index is -4.43. The van der Waals surface area contributed by atoms with Gasteiger partial charge in [0.1, 0.15) is 5.82 Å². The van der Waals surface area contributed by atoms with E-state index in [1.165, 1.54) is 12.1 Å². The van der Waals surface area contributed by atoms with E-state index >= 15 is 0 Å². The van der Waals surface area contributed by atoms with Crippen LogP contribution in [-0.2, 0) is 19.1 Å². The molecule has 182 valence electrons. The number of aromatic nitrogens is 2. The van der Waals surface area contributed by atoms with E-state index in [-0.39, 0.29) is 11.5 Å². The lowest BCUT2D eigenvalue weighted by atomic mass is 10.0. The molecule has 9 heteroatoms. The Balaban J connectivity index is 1.46. The number of nitrogens with zero attached hydrogens (tertiary/aromatic N) is 5. The Labute approximate surface area is 202 Å². The van der Waals surface area contributed by atoms with Gasteiger partial charge in [0.25, 0.3) is 5.91 Å². The lowest BCUT2D eigenvalue weighted by Crippen LogP contribution is -2.46. The molecular weight excluding hydrogens is 455 g/mol. The average Bonchev–Trinajstić information content (AvgIpc) is 2.88. The molecule has 5 rings (SSSR count). The summed E-state index contributed by atoms with van der Waals surface area (Å²) < 4.78 is 38.8. The molecular formula is C26H26F3N5O. The number of rotatable bonds is 3. The average molecular weight is 482 g/mol. The predicted octanol–water partition coefficient (Wildman–Crippen LogP) is 4.11. The minimum absolute atomic E-state index is 0.240. The highest BCUT2D eigenvalue weighted by Crippen LogP contribution is 2.32. The Bertz CT molecular complexity index is 1210. The van der Waals surface area contributed by atoms with Gasteiger partial charge in [-0.1, -0.05) is 30.3 Å². The normalized spacial score (nSPS) is 16.8. The van der Waals surface area contributed by atoms with E-state index in [0.717, 1.165) is 61.0 Å². The molecule has 2 aromatic carbocycles. The van der Waals surface area contributed by atoms with Crippen molar-refractivity contribution in [2.24, 2.45) is 0 Å². The first kappa shape index (κ1) is 23.3. The quantitative estimate of drug-likeness (QED) is 0.564. The Morgan fingerprint density at radius 2 is 1.57 bits per heavy atom. The lowest BCUT2D eigenvalue weighted by molar-refractivity contribution is -0.137. The summed E-state index contributed by atoms with van der Waals surface area (Å²) in [4.78, 5) is 29.2. The standard InChI is InChI=1S/C26H26F3N5O/c1-32-13-15-33(16-14-32)24-21-17-34(25(35)19-7-9-20(10-8-19)26(27,28)29)12-11-22(21)30-23(31-24)18-5-3-2-4-6-18/h2-10H,11-17H2,1H3. The highest BCUT2D eigenvalue weighted by Gasteiger charge is 2.32. The van der Waals surface area contributed by atoms with E-state index < -0.39 is 11.7 Å². The van der Waals surface area contributed by atoms with Crippen LogP contribution < -0.4 is 4.90 Å². The maximum Gasteiger partial charge on any atom is 0.416 e. The second-order valence-corrected chi connectivity index (χ2v) is 9.00. The van der Waals surface area contributed by atoms with E-state index in [1.54, 1.807) is 4.90 Å². The Hall–Kier alpha value is -3.46. The zero-order valence-electron chi connectivity index (χ0n) is 19.4. The van der Waals surface area contributed by atoms with Crippen molar-refractivity contribution in [3.05, 3.63) is 77.0 Å². The van der Waals surface area contributed by atoms with Crippen LogP contribution in [0, 0.1) is 0 Å². The van der Waals surface area contributed by atoms with Crippen molar-refractivity contribution in [2.75, 3.05) is 44.7 Å². The molecule has 1 amide bonds. The number of anilines is 1. The molecule has 3 aromatic rings. The minimum Gasteiger partial charge on any atom is -0.354 e. The molecule has 0 spiro atoms. The summed E-state index contributed by atoms with van der Waals surface area (Å²) in [5.41, 5.74) is 2.25. The summed E-state index contributed by atoms with van der Waals surface area (Å²) in [5, 5.41) is 0. The van der Waals surface area contributed by atoms with Crippen LogP contribution in [0.4, 0.5) is 19.0 Å². The van der Waals surface area contributed by atoms with Gasteiger partial charge in [-0.15, -0.1) is 0 Å². The fraction of sp³-hybridized carbons (Fsp3) is 0.346. The fourth-order valence-electron chi connectivity index (χ4n) is 4.55. The number of hydrogen-bond acceptors (Lipinski definition) is 5. The van der Waals surface area contributed by atoms with Gasteiger partial charge >= 0.3 is 6.18 Å². The highest BCUT2D eigenvalue weighted by molar-refractivity contribution is 5.94. The smallest absolute Gasteiger partial charge is 0.354 e. The number of carbonyl (C=O) groups excluding carboxylic acids is 1. The number of fused-ring (bicyclic) bond motifs is 1. The largest absolute Gasteiger partial charge is 0.416 e. The van der Waals surface area contributed by atoms with Crippen molar-refractivity contribution in [2.45, 2.75) is 19.1 Å². The summed E-state index contributed by atoms with van der Waals surface area (Å²) >= 11 is 0. The third-order valence-electron chi connectivity index (χ3n) is 6.62. The SMILES string of the molecule is CN1CCN(c2nc(-c3ccccc3)nc3c2CN(C(=O)c2ccc(C(F)(F)F)cc2)CC3)CC1. The topological polar surface area (TPSA) is 52.6 Å². The van der Waals surface area contributed by atoms with Crippen LogP contribution in [0.3, 0.4) is 0 Å². The van der Waals surface area contributed by atoms with Crippen LogP contribution in [0.1, 0.15) is 27.2 Å². The van der Waals surface area contributed by atoms with Gasteiger partial charge in [-0.3, -0.25) is 4.79 Å². The maximum atomic E-state index is 13.2. The number of halogens is 3. The first-order valence-corrected chi connectivity index (χ1v) is 11.6. The molecule has 35 heavy (non-hydrogen) atoms. The summed E-state index contributed by atoms with van der Waals surface area (Å²) in [5.74, 6) is 1.22. The molecule has 0 saturated carbocycles. The van der Waals surface area contributed by atoms with Gasteiger partial charge in [0.2, 0.25) is 0 Å². The molecule has 0 atom stereocenters. The van der Waals surface area contributed by atoms with Crippen LogP contribution in [0.25, 0.3) is 11.4 Å². The monoisotopic (exact) mass is 481 g/mol. The van der Waals surface area contributed by atoms with Crippen molar-refractivity contribution in [1.29, 1.82) is 0 Å². The van der Waals surface area contributed by atoms with Crippen LogP contribution in [0.15, 0.2) is 54.6 Å². The Morgan fingerprint density at radius 1 is 0.886 bits per heavy atom. The molecule has 0 N–H and O–H groups in total. The number of alkyl halides is 3. The van der Waals surface area contributed by atoms with Gasteiger partial charge in [-0.05, 0) is 31.3 Å². The van der Waals surface area contributed by atoms with Gasteiger partial charge < -0.3 is 14.7 Å². The summed E-state index contributed by atoms with van der Waals surface area (Å²) in [6, 6.07) is 14.2. The predicted molar refractivity (Wildman–Crippen MR) is 127 cm³/mol. The summed E-state index contributed by atoms with van der Waals surface area (Å²) in [7, 11) is 2.09. The summed E-state index contributed by atoms with van der Waals surface area (Å²) in [6.45, 7) is 4.23. The van der Waals surface area contributed by atoms with Crippen molar-refractivity contribution < 1.29 is 18.0 Å². The Morgan fingerprint density at radius 3 is 2.23 bits per heavy atom. The van der Waals surface area contributed by atoms with E-state index in [4.69, 9.17) is 9.97 Å². The van der Waals surface area contributed by atoms with Crippen LogP contribution in [-0.4, -0.2) is 65.4 Å². The molecule has 1 fully saturated rings. The van der Waals surface area contributed by atoms with Gasteiger partial charge in [0.05, 0.1) is 17.8 Å². The van der Waals surface area contributed by atoms with Gasteiger partial charge in [0.15, 0.2) is 5.82 Å². The van der Waals surface area contributed by atoms with E-state index in [0.29, 0.717) is 25.3 Å². The molecule has 2 aliphatic rings. The van der Waals surface area contributed by atoms with Gasteiger partial charge in [0, 0.05) is 55.8 Å². The zero-order chi connectivity index (χ0) is 24.6. The maximum absolute atomic E-state index is 13.2. The van der Waals surface area contributed by atoms with E-state index in [1.807, 2.05) is 30.3 Å². The number of benzene rings is 2.